The topological polar surface area (TPSA) is 71.3 Å². The minimum absolute atomic E-state index is 0.0322. The number of nitrogens with zero attached hydrogens (tertiary/aromatic N) is 5. The first kappa shape index (κ1) is 23.6. The van der Waals surface area contributed by atoms with Crippen molar-refractivity contribution >= 4 is 23.3 Å². The normalized spacial score (nSPS) is 11.1. The van der Waals surface area contributed by atoms with Gasteiger partial charge in [-0.3, -0.25) is 9.59 Å². The lowest BCUT2D eigenvalue weighted by Gasteiger charge is -2.16. The second-order valence-corrected chi connectivity index (χ2v) is 7.89. The molecule has 0 aliphatic carbocycles. The molecule has 7 nitrogen and oxygen atoms in total. The summed E-state index contributed by atoms with van der Waals surface area (Å²) in [6.45, 7) is 5.16. The summed E-state index contributed by atoms with van der Waals surface area (Å²) in [5.74, 6) is -0.971. The molecule has 0 N–H and O–H groups in total. The van der Waals surface area contributed by atoms with E-state index in [9.17, 15) is 14.0 Å². The third kappa shape index (κ3) is 4.87. The van der Waals surface area contributed by atoms with E-state index in [1.807, 2.05) is 32.8 Å². The smallest absolute Gasteiger partial charge is 0.293 e. The number of carbonyl (C=O) groups excluding carboxylic acids is 2. The van der Waals surface area contributed by atoms with Crippen LogP contribution >= 0.6 is 11.6 Å². The summed E-state index contributed by atoms with van der Waals surface area (Å²) in [4.78, 5) is 34.1. The van der Waals surface area contributed by atoms with Crippen molar-refractivity contribution in [2.75, 3.05) is 27.2 Å². The van der Waals surface area contributed by atoms with Crippen molar-refractivity contribution in [1.82, 2.24) is 24.6 Å². The molecule has 1 heterocycles. The van der Waals surface area contributed by atoms with Crippen LogP contribution in [0, 0.1) is 5.82 Å². The number of halogens is 2. The predicted molar refractivity (Wildman–Crippen MR) is 121 cm³/mol. The molecule has 2 aromatic carbocycles. The van der Waals surface area contributed by atoms with Crippen molar-refractivity contribution in [2.24, 2.45) is 0 Å². The van der Waals surface area contributed by atoms with Crippen molar-refractivity contribution in [3.63, 3.8) is 0 Å². The minimum Gasteiger partial charge on any atom is -0.336 e. The summed E-state index contributed by atoms with van der Waals surface area (Å²) in [7, 11) is 3.72. The van der Waals surface area contributed by atoms with E-state index in [1.165, 1.54) is 28.9 Å². The van der Waals surface area contributed by atoms with E-state index < -0.39 is 11.6 Å². The fourth-order valence-electron chi connectivity index (χ4n) is 3.33. The van der Waals surface area contributed by atoms with Crippen molar-refractivity contribution in [2.45, 2.75) is 20.4 Å². The van der Waals surface area contributed by atoms with Crippen LogP contribution in [0.4, 0.5) is 4.39 Å². The Morgan fingerprint density at radius 1 is 1.06 bits per heavy atom. The lowest BCUT2D eigenvalue weighted by molar-refractivity contribution is 0.0760. The molecule has 32 heavy (non-hydrogen) atoms. The molecule has 3 rings (SSSR count). The van der Waals surface area contributed by atoms with Crippen LogP contribution in [0.1, 0.15) is 46.2 Å². The third-order valence-corrected chi connectivity index (χ3v) is 5.16. The highest BCUT2D eigenvalue weighted by Crippen LogP contribution is 2.25. The Morgan fingerprint density at radius 2 is 1.75 bits per heavy atom. The highest BCUT2D eigenvalue weighted by Gasteiger charge is 2.25. The molecule has 0 saturated carbocycles. The number of amides is 1. The molecule has 0 aliphatic rings. The molecule has 0 radical (unpaired) electrons. The maximum atomic E-state index is 14.3. The van der Waals surface area contributed by atoms with Gasteiger partial charge in [0.05, 0.1) is 17.8 Å². The van der Waals surface area contributed by atoms with Crippen molar-refractivity contribution in [1.29, 1.82) is 0 Å². The van der Waals surface area contributed by atoms with Crippen LogP contribution in [0.15, 0.2) is 42.5 Å². The van der Waals surface area contributed by atoms with E-state index in [0.29, 0.717) is 36.2 Å². The Morgan fingerprint density at radius 3 is 2.38 bits per heavy atom. The van der Waals surface area contributed by atoms with E-state index in [-0.39, 0.29) is 22.9 Å². The first-order valence-electron chi connectivity index (χ1n) is 10.3. The number of carbonyl (C=O) groups is 2. The number of hydrogen-bond acceptors (Lipinski definition) is 5. The molecule has 0 fully saturated rings. The number of aromatic nitrogens is 3. The molecule has 0 bridgehead atoms. The van der Waals surface area contributed by atoms with Crippen LogP contribution in [0.3, 0.4) is 0 Å². The molecule has 0 unspecified atom stereocenters. The molecule has 0 aliphatic heterocycles. The summed E-state index contributed by atoms with van der Waals surface area (Å²) in [5, 5.41) is 4.76. The first-order valence-corrected chi connectivity index (χ1v) is 10.6. The van der Waals surface area contributed by atoms with Crippen molar-refractivity contribution in [3.8, 4) is 5.69 Å². The highest BCUT2D eigenvalue weighted by atomic mass is 35.5. The second kappa shape index (κ2) is 10.0. The van der Waals surface area contributed by atoms with Gasteiger partial charge in [-0.1, -0.05) is 23.7 Å². The minimum atomic E-state index is -0.632. The van der Waals surface area contributed by atoms with Gasteiger partial charge < -0.3 is 9.80 Å². The van der Waals surface area contributed by atoms with Crippen LogP contribution in [-0.4, -0.2) is 63.4 Å². The predicted octanol–water partition coefficient (Wildman–Crippen LogP) is 3.83. The monoisotopic (exact) mass is 457 g/mol. The molecule has 0 saturated heterocycles. The zero-order chi connectivity index (χ0) is 23.4. The standard InChI is InChI=1S/C23H25ClFN5O2/c1-5-29(6-2)23(32)22-26-20(14-28(3)4)30(27-22)19-12-11-15(24)13-17(19)21(31)16-9-7-8-10-18(16)25/h7-13H,5-6,14H2,1-4H3. The zero-order valence-electron chi connectivity index (χ0n) is 18.5. The lowest BCUT2D eigenvalue weighted by atomic mass is 10.0. The Kier molecular flexibility index (Phi) is 7.37. The Balaban J connectivity index is 2.18. The average Bonchev–Trinajstić information content (AvgIpc) is 3.17. The maximum Gasteiger partial charge on any atom is 0.293 e. The summed E-state index contributed by atoms with van der Waals surface area (Å²) in [6, 6.07) is 10.5. The van der Waals surface area contributed by atoms with Gasteiger partial charge in [0.15, 0.2) is 5.78 Å². The zero-order valence-corrected chi connectivity index (χ0v) is 19.2. The van der Waals surface area contributed by atoms with E-state index in [0.717, 1.165) is 0 Å². The number of rotatable bonds is 8. The Bertz CT molecular complexity index is 1140. The number of ketones is 1. The van der Waals surface area contributed by atoms with Gasteiger partial charge in [-0.05, 0) is 58.3 Å². The molecule has 9 heteroatoms. The summed E-state index contributed by atoms with van der Waals surface area (Å²) >= 11 is 6.17. The third-order valence-electron chi connectivity index (χ3n) is 4.92. The molecule has 0 atom stereocenters. The van der Waals surface area contributed by atoms with Gasteiger partial charge in [-0.25, -0.2) is 14.1 Å². The first-order chi connectivity index (χ1) is 15.3. The van der Waals surface area contributed by atoms with E-state index >= 15 is 0 Å². The summed E-state index contributed by atoms with van der Waals surface area (Å²) < 4.78 is 15.8. The molecule has 168 valence electrons. The fourth-order valence-corrected chi connectivity index (χ4v) is 3.50. The molecular formula is C23H25ClFN5O2. The van der Waals surface area contributed by atoms with E-state index in [2.05, 4.69) is 10.1 Å². The van der Waals surface area contributed by atoms with Gasteiger partial charge in [-0.15, -0.1) is 5.10 Å². The highest BCUT2D eigenvalue weighted by molar-refractivity contribution is 6.31. The van der Waals surface area contributed by atoms with Crippen molar-refractivity contribution in [3.05, 3.63) is 76.1 Å². The average molecular weight is 458 g/mol. The molecule has 1 amide bonds. The van der Waals surface area contributed by atoms with E-state index in [4.69, 9.17) is 11.6 Å². The quantitative estimate of drug-likeness (QED) is 0.481. The van der Waals surface area contributed by atoms with Gasteiger partial charge in [-0.2, -0.15) is 0 Å². The van der Waals surface area contributed by atoms with Crippen LogP contribution in [0.5, 0.6) is 0 Å². The number of benzene rings is 2. The van der Waals surface area contributed by atoms with Gasteiger partial charge in [0.25, 0.3) is 5.91 Å². The lowest BCUT2D eigenvalue weighted by Crippen LogP contribution is -2.31. The molecular weight excluding hydrogens is 433 g/mol. The van der Waals surface area contributed by atoms with E-state index in [1.54, 1.807) is 23.1 Å². The fraction of sp³-hybridized carbons (Fsp3) is 0.304. The second-order valence-electron chi connectivity index (χ2n) is 7.45. The van der Waals surface area contributed by atoms with Crippen LogP contribution in [0.2, 0.25) is 5.02 Å². The van der Waals surface area contributed by atoms with Gasteiger partial charge in [0.1, 0.15) is 11.6 Å². The largest absolute Gasteiger partial charge is 0.336 e. The molecule has 0 spiro atoms. The number of hydrogen-bond donors (Lipinski definition) is 0. The van der Waals surface area contributed by atoms with Gasteiger partial charge in [0, 0.05) is 23.7 Å². The summed E-state index contributed by atoms with van der Waals surface area (Å²) in [6.07, 6.45) is 0. The molecule has 3 aromatic rings. The van der Waals surface area contributed by atoms with Crippen molar-refractivity contribution < 1.29 is 14.0 Å². The maximum absolute atomic E-state index is 14.3. The summed E-state index contributed by atoms with van der Waals surface area (Å²) in [5.41, 5.74) is 0.449. The van der Waals surface area contributed by atoms with Crippen LogP contribution < -0.4 is 0 Å². The van der Waals surface area contributed by atoms with Crippen LogP contribution in [0.25, 0.3) is 5.69 Å². The van der Waals surface area contributed by atoms with Crippen LogP contribution in [-0.2, 0) is 6.54 Å². The Labute approximate surface area is 191 Å². The Hall–Kier alpha value is -3.10. The molecule has 1 aromatic heterocycles. The SMILES string of the molecule is CCN(CC)C(=O)c1nc(CN(C)C)n(-c2ccc(Cl)cc2C(=O)c2ccccc2F)n1. The van der Waals surface area contributed by atoms with Gasteiger partial charge in [0.2, 0.25) is 5.82 Å². The van der Waals surface area contributed by atoms with Gasteiger partial charge >= 0.3 is 0 Å².